The SMILES string of the molecule is O=C(O)[C@@H]1C[C@@H](O)CN1C(=O)c1cc(O)cc(O)c1. The number of aliphatic hydroxyl groups excluding tert-OH is 1. The molecular weight excluding hydrogens is 254 g/mol. The largest absolute Gasteiger partial charge is 0.508 e. The van der Waals surface area contributed by atoms with Gasteiger partial charge in [-0.05, 0) is 12.1 Å². The molecule has 0 aromatic heterocycles. The van der Waals surface area contributed by atoms with E-state index < -0.39 is 24.0 Å². The Balaban J connectivity index is 2.30. The lowest BCUT2D eigenvalue weighted by atomic mass is 10.1. The fourth-order valence-electron chi connectivity index (χ4n) is 2.16. The topological polar surface area (TPSA) is 118 Å². The molecule has 1 fully saturated rings. The number of hydrogen-bond donors (Lipinski definition) is 4. The second-order valence-electron chi connectivity index (χ2n) is 4.44. The smallest absolute Gasteiger partial charge is 0.326 e. The van der Waals surface area contributed by atoms with Crippen LogP contribution in [0.2, 0.25) is 0 Å². The molecule has 4 N–H and O–H groups in total. The number of hydrogen-bond acceptors (Lipinski definition) is 5. The molecule has 1 heterocycles. The first-order valence-corrected chi connectivity index (χ1v) is 5.63. The summed E-state index contributed by atoms with van der Waals surface area (Å²) >= 11 is 0. The van der Waals surface area contributed by atoms with E-state index in [0.29, 0.717) is 0 Å². The van der Waals surface area contributed by atoms with Crippen molar-refractivity contribution in [2.45, 2.75) is 18.6 Å². The Morgan fingerprint density at radius 2 is 1.74 bits per heavy atom. The summed E-state index contributed by atoms with van der Waals surface area (Å²) in [7, 11) is 0. The summed E-state index contributed by atoms with van der Waals surface area (Å²) < 4.78 is 0. The van der Waals surface area contributed by atoms with Crippen molar-refractivity contribution in [3.63, 3.8) is 0 Å². The van der Waals surface area contributed by atoms with E-state index in [0.717, 1.165) is 23.1 Å². The summed E-state index contributed by atoms with van der Waals surface area (Å²) in [6, 6.07) is 2.22. The van der Waals surface area contributed by atoms with Crippen LogP contribution in [-0.4, -0.2) is 55.9 Å². The maximum atomic E-state index is 12.1. The number of carbonyl (C=O) groups excluding carboxylic acids is 1. The number of β-amino-alcohol motifs (C(OH)–C–C–N with tert-alkyl or cyclic N) is 1. The molecule has 7 heteroatoms. The third-order valence-corrected chi connectivity index (χ3v) is 2.97. The lowest BCUT2D eigenvalue weighted by molar-refractivity contribution is -0.141. The summed E-state index contributed by atoms with van der Waals surface area (Å²) in [6.45, 7) is -0.0911. The Kier molecular flexibility index (Phi) is 3.30. The minimum Gasteiger partial charge on any atom is -0.508 e. The van der Waals surface area contributed by atoms with Crippen LogP contribution in [0.3, 0.4) is 0 Å². The Bertz CT molecular complexity index is 509. The first-order valence-electron chi connectivity index (χ1n) is 5.63. The monoisotopic (exact) mass is 267 g/mol. The standard InChI is InChI=1S/C12H13NO6/c14-7-1-6(2-8(15)3-7)11(17)13-5-9(16)4-10(13)12(18)19/h1-3,9-10,14-16H,4-5H2,(H,18,19)/t9-,10+/m1/s1. The number of aliphatic hydroxyl groups is 1. The Morgan fingerprint density at radius 1 is 1.16 bits per heavy atom. The normalized spacial score (nSPS) is 22.5. The number of benzene rings is 1. The molecule has 1 aliphatic heterocycles. The predicted octanol–water partition coefficient (Wildman–Crippen LogP) is -0.242. The number of carbonyl (C=O) groups is 2. The molecular formula is C12H13NO6. The lowest BCUT2D eigenvalue weighted by Crippen LogP contribution is -2.40. The molecule has 0 aliphatic carbocycles. The summed E-state index contributed by atoms with van der Waals surface area (Å²) in [4.78, 5) is 24.2. The zero-order chi connectivity index (χ0) is 14.2. The second-order valence-corrected chi connectivity index (χ2v) is 4.44. The van der Waals surface area contributed by atoms with Crippen molar-refractivity contribution in [1.82, 2.24) is 4.90 Å². The van der Waals surface area contributed by atoms with Crippen LogP contribution in [0.5, 0.6) is 11.5 Å². The molecule has 19 heavy (non-hydrogen) atoms. The molecule has 0 radical (unpaired) electrons. The number of aromatic hydroxyl groups is 2. The maximum Gasteiger partial charge on any atom is 0.326 e. The predicted molar refractivity (Wildman–Crippen MR) is 62.9 cm³/mol. The van der Waals surface area contributed by atoms with Crippen LogP contribution in [0.25, 0.3) is 0 Å². The van der Waals surface area contributed by atoms with Crippen molar-refractivity contribution in [2.24, 2.45) is 0 Å². The molecule has 1 aromatic rings. The molecule has 0 saturated carbocycles. The fraction of sp³-hybridized carbons (Fsp3) is 0.333. The van der Waals surface area contributed by atoms with E-state index in [1.54, 1.807) is 0 Å². The molecule has 1 saturated heterocycles. The molecule has 2 rings (SSSR count). The molecule has 2 atom stereocenters. The second kappa shape index (κ2) is 4.77. The zero-order valence-corrected chi connectivity index (χ0v) is 9.85. The van der Waals surface area contributed by atoms with Crippen LogP contribution in [0.1, 0.15) is 16.8 Å². The Hall–Kier alpha value is -2.28. The molecule has 102 valence electrons. The molecule has 0 unspecified atom stereocenters. The van der Waals surface area contributed by atoms with E-state index >= 15 is 0 Å². The summed E-state index contributed by atoms with van der Waals surface area (Å²) in [5.74, 6) is -2.45. The number of rotatable bonds is 2. The van der Waals surface area contributed by atoms with E-state index in [1.165, 1.54) is 0 Å². The van der Waals surface area contributed by atoms with Gasteiger partial charge >= 0.3 is 5.97 Å². The van der Waals surface area contributed by atoms with E-state index in [2.05, 4.69) is 0 Å². The first-order chi connectivity index (χ1) is 8.88. The van der Waals surface area contributed by atoms with E-state index in [9.17, 15) is 24.9 Å². The van der Waals surface area contributed by atoms with Gasteiger partial charge < -0.3 is 25.3 Å². The van der Waals surface area contributed by atoms with Gasteiger partial charge in [-0.1, -0.05) is 0 Å². The molecule has 1 aromatic carbocycles. The number of carboxylic acids is 1. The summed E-state index contributed by atoms with van der Waals surface area (Å²) in [5, 5.41) is 37.1. The highest BCUT2D eigenvalue weighted by atomic mass is 16.4. The van der Waals surface area contributed by atoms with E-state index in [4.69, 9.17) is 5.11 Å². The van der Waals surface area contributed by atoms with Gasteiger partial charge in [-0.25, -0.2) is 4.79 Å². The summed E-state index contributed by atoms with van der Waals surface area (Å²) in [6.07, 6.45) is -0.928. The van der Waals surface area contributed by atoms with Crippen LogP contribution < -0.4 is 0 Å². The third kappa shape index (κ3) is 2.60. The van der Waals surface area contributed by atoms with Gasteiger partial charge in [-0.2, -0.15) is 0 Å². The third-order valence-electron chi connectivity index (χ3n) is 2.97. The van der Waals surface area contributed by atoms with Gasteiger partial charge in [0.1, 0.15) is 17.5 Å². The highest BCUT2D eigenvalue weighted by Gasteiger charge is 2.39. The minimum absolute atomic E-state index is 0.0298. The number of amides is 1. The van der Waals surface area contributed by atoms with Crippen LogP contribution in [0.15, 0.2) is 18.2 Å². The zero-order valence-electron chi connectivity index (χ0n) is 9.85. The maximum absolute atomic E-state index is 12.1. The van der Waals surface area contributed by atoms with Crippen LogP contribution in [-0.2, 0) is 4.79 Å². The fourth-order valence-corrected chi connectivity index (χ4v) is 2.16. The molecule has 7 nitrogen and oxygen atoms in total. The van der Waals surface area contributed by atoms with Gasteiger partial charge in [-0.15, -0.1) is 0 Å². The summed E-state index contributed by atoms with van der Waals surface area (Å²) in [5.41, 5.74) is -0.0298. The number of nitrogens with zero attached hydrogens (tertiary/aromatic N) is 1. The van der Waals surface area contributed by atoms with E-state index in [-0.39, 0.29) is 30.0 Å². The van der Waals surface area contributed by atoms with Crippen molar-refractivity contribution >= 4 is 11.9 Å². The van der Waals surface area contributed by atoms with Crippen molar-refractivity contribution in [2.75, 3.05) is 6.54 Å². The molecule has 1 amide bonds. The van der Waals surface area contributed by atoms with Crippen molar-refractivity contribution in [3.8, 4) is 11.5 Å². The number of phenols is 2. The lowest BCUT2D eigenvalue weighted by Gasteiger charge is -2.21. The van der Waals surface area contributed by atoms with Gasteiger partial charge in [0.2, 0.25) is 0 Å². The van der Waals surface area contributed by atoms with Crippen LogP contribution in [0, 0.1) is 0 Å². The Morgan fingerprint density at radius 3 is 2.26 bits per heavy atom. The number of aliphatic carboxylic acids is 1. The van der Waals surface area contributed by atoms with Gasteiger partial charge in [-0.3, -0.25) is 4.79 Å². The van der Waals surface area contributed by atoms with Crippen molar-refractivity contribution in [3.05, 3.63) is 23.8 Å². The van der Waals surface area contributed by atoms with Crippen LogP contribution >= 0.6 is 0 Å². The van der Waals surface area contributed by atoms with Gasteiger partial charge in [0.25, 0.3) is 5.91 Å². The van der Waals surface area contributed by atoms with Gasteiger partial charge in [0.05, 0.1) is 6.10 Å². The van der Waals surface area contributed by atoms with Crippen LogP contribution in [0.4, 0.5) is 0 Å². The average molecular weight is 267 g/mol. The number of likely N-dealkylation sites (tertiary alicyclic amines) is 1. The van der Waals surface area contributed by atoms with Crippen molar-refractivity contribution in [1.29, 1.82) is 0 Å². The first kappa shape index (κ1) is 13.2. The van der Waals surface area contributed by atoms with Gasteiger partial charge in [0, 0.05) is 24.6 Å². The molecule has 0 spiro atoms. The van der Waals surface area contributed by atoms with Crippen molar-refractivity contribution < 1.29 is 30.0 Å². The highest BCUT2D eigenvalue weighted by Crippen LogP contribution is 2.25. The van der Waals surface area contributed by atoms with E-state index in [1.807, 2.05) is 0 Å². The van der Waals surface area contributed by atoms with Gasteiger partial charge in [0.15, 0.2) is 0 Å². The number of phenolic OH excluding ortho intramolecular Hbond substituents is 2. The molecule has 0 bridgehead atoms. The Labute approximate surface area is 108 Å². The quantitative estimate of drug-likeness (QED) is 0.587. The number of carboxylic acid groups (broad SMARTS) is 1. The minimum atomic E-state index is -1.20. The average Bonchev–Trinajstić information content (AvgIpc) is 2.69. The molecule has 1 aliphatic rings. The highest BCUT2D eigenvalue weighted by molar-refractivity contribution is 5.97.